The van der Waals surface area contributed by atoms with Crippen LogP contribution in [0.1, 0.15) is 213 Å². The van der Waals surface area contributed by atoms with E-state index in [4.69, 9.17) is 9.47 Å². The van der Waals surface area contributed by atoms with Crippen molar-refractivity contribution in [3.63, 3.8) is 0 Å². The smallest absolute Gasteiger partial charge is 0.332 e. The standard InChI is InChI=1S/C44H86N2O6S/c1-3-5-7-9-11-13-15-17-19-21-23-25-27-29-35-51-36-31-38-53-39-33-42(47)46-40-43(48)45-34-32-41(44(49)50)52-37-30-28-26-24-22-20-18-16-14-12-10-8-6-4-2/h41H,3-40H2,1-2H3,(H,45,48)(H,46,47)(H,49,50). The van der Waals surface area contributed by atoms with E-state index in [-0.39, 0.29) is 31.3 Å². The molecule has 1 atom stereocenters. The molecule has 0 saturated carbocycles. The zero-order valence-corrected chi connectivity index (χ0v) is 35.7. The molecule has 0 aromatic carbocycles. The number of aliphatic carboxylic acids is 1. The Morgan fingerprint density at radius 2 is 0.925 bits per heavy atom. The van der Waals surface area contributed by atoms with Gasteiger partial charge < -0.3 is 25.2 Å². The number of hydrogen-bond acceptors (Lipinski definition) is 6. The zero-order valence-electron chi connectivity index (χ0n) is 34.8. The van der Waals surface area contributed by atoms with Gasteiger partial charge in [-0.2, -0.15) is 11.8 Å². The van der Waals surface area contributed by atoms with Gasteiger partial charge in [0.05, 0.1) is 6.54 Å². The molecular weight excluding hydrogens is 685 g/mol. The Balaban J connectivity index is 3.51. The van der Waals surface area contributed by atoms with Crippen molar-refractivity contribution in [2.75, 3.05) is 44.4 Å². The number of hydrogen-bond donors (Lipinski definition) is 3. The molecule has 0 aliphatic rings. The average Bonchev–Trinajstić information content (AvgIpc) is 3.15. The number of amides is 2. The molecule has 0 aliphatic heterocycles. The minimum Gasteiger partial charge on any atom is -0.479 e. The largest absolute Gasteiger partial charge is 0.479 e. The van der Waals surface area contributed by atoms with E-state index in [0.29, 0.717) is 18.8 Å². The monoisotopic (exact) mass is 771 g/mol. The van der Waals surface area contributed by atoms with Crippen LogP contribution in [-0.4, -0.2) is 73.4 Å². The Morgan fingerprint density at radius 3 is 1.38 bits per heavy atom. The maximum atomic E-state index is 12.1. The molecule has 0 bridgehead atoms. The Hall–Kier alpha value is -1.32. The molecule has 2 amide bonds. The fourth-order valence-electron chi connectivity index (χ4n) is 6.50. The van der Waals surface area contributed by atoms with Crippen LogP contribution in [0.3, 0.4) is 0 Å². The molecule has 0 spiro atoms. The van der Waals surface area contributed by atoms with Crippen molar-refractivity contribution >= 4 is 29.5 Å². The molecule has 0 rings (SSSR count). The molecule has 0 saturated heterocycles. The lowest BCUT2D eigenvalue weighted by Gasteiger charge is -2.14. The van der Waals surface area contributed by atoms with Crippen LogP contribution >= 0.6 is 11.8 Å². The van der Waals surface area contributed by atoms with E-state index in [1.807, 2.05) is 0 Å². The van der Waals surface area contributed by atoms with Crippen LogP contribution in [-0.2, 0) is 23.9 Å². The molecule has 314 valence electrons. The summed E-state index contributed by atoms with van der Waals surface area (Å²) in [5.74, 6) is 0.189. The van der Waals surface area contributed by atoms with Gasteiger partial charge in [-0.25, -0.2) is 4.79 Å². The summed E-state index contributed by atoms with van der Waals surface area (Å²) in [5, 5.41) is 14.8. The van der Waals surface area contributed by atoms with Crippen LogP contribution in [0.2, 0.25) is 0 Å². The minimum absolute atomic E-state index is 0.103. The highest BCUT2D eigenvalue weighted by molar-refractivity contribution is 7.99. The van der Waals surface area contributed by atoms with Gasteiger partial charge in [-0.15, -0.1) is 0 Å². The first-order chi connectivity index (χ1) is 26.0. The third kappa shape index (κ3) is 41.7. The van der Waals surface area contributed by atoms with Gasteiger partial charge in [-0.1, -0.05) is 181 Å². The first kappa shape index (κ1) is 51.7. The predicted octanol–water partition coefficient (Wildman–Crippen LogP) is 11.6. The Labute approximate surface area is 331 Å². The van der Waals surface area contributed by atoms with Crippen molar-refractivity contribution in [3.8, 4) is 0 Å². The SMILES string of the molecule is CCCCCCCCCCCCCCCCOCCCSCCC(=O)NCC(=O)NCCC(OCCCCCCCCCCCCCCCC)C(=O)O. The van der Waals surface area contributed by atoms with Crippen molar-refractivity contribution in [2.45, 2.75) is 219 Å². The second-order valence-corrected chi connectivity index (χ2v) is 16.4. The minimum atomic E-state index is -1.01. The summed E-state index contributed by atoms with van der Waals surface area (Å²) in [6.07, 6.45) is 37.5. The molecule has 0 aromatic rings. The highest BCUT2D eigenvalue weighted by atomic mass is 32.2. The summed E-state index contributed by atoms with van der Waals surface area (Å²) >= 11 is 1.73. The molecule has 0 aliphatic carbocycles. The van der Waals surface area contributed by atoms with Crippen molar-refractivity contribution in [2.24, 2.45) is 0 Å². The molecule has 8 nitrogen and oxygen atoms in total. The quantitative estimate of drug-likeness (QED) is 0.0529. The van der Waals surface area contributed by atoms with Gasteiger partial charge in [0, 0.05) is 45.0 Å². The lowest BCUT2D eigenvalue weighted by atomic mass is 10.0. The highest BCUT2D eigenvalue weighted by Crippen LogP contribution is 2.15. The van der Waals surface area contributed by atoms with Gasteiger partial charge in [0.15, 0.2) is 6.10 Å². The van der Waals surface area contributed by atoms with E-state index in [0.717, 1.165) is 51.1 Å². The Bertz CT molecular complexity index is 802. The van der Waals surface area contributed by atoms with Crippen LogP contribution in [0, 0.1) is 0 Å². The van der Waals surface area contributed by atoms with Gasteiger partial charge >= 0.3 is 5.97 Å². The summed E-state index contributed by atoms with van der Waals surface area (Å²) in [6.45, 7) is 6.66. The Morgan fingerprint density at radius 1 is 0.509 bits per heavy atom. The third-order valence-corrected chi connectivity index (χ3v) is 11.0. The van der Waals surface area contributed by atoms with Crippen molar-refractivity contribution in [3.05, 3.63) is 0 Å². The number of rotatable bonds is 44. The Kier molecular flexibility index (Phi) is 42.3. The molecular formula is C44H86N2O6S. The van der Waals surface area contributed by atoms with E-state index in [1.54, 1.807) is 11.8 Å². The van der Waals surface area contributed by atoms with Crippen LogP contribution in [0.5, 0.6) is 0 Å². The summed E-state index contributed by atoms with van der Waals surface area (Å²) in [5.41, 5.74) is 0. The molecule has 0 radical (unpaired) electrons. The van der Waals surface area contributed by atoms with E-state index >= 15 is 0 Å². The van der Waals surface area contributed by atoms with E-state index in [2.05, 4.69) is 24.5 Å². The average molecular weight is 771 g/mol. The molecule has 53 heavy (non-hydrogen) atoms. The van der Waals surface area contributed by atoms with Crippen molar-refractivity contribution in [1.82, 2.24) is 10.6 Å². The molecule has 0 fully saturated rings. The number of thioether (sulfide) groups is 1. The fraction of sp³-hybridized carbons (Fsp3) is 0.932. The van der Waals surface area contributed by atoms with Crippen LogP contribution in [0.25, 0.3) is 0 Å². The van der Waals surface area contributed by atoms with Crippen LogP contribution in [0.15, 0.2) is 0 Å². The first-order valence-corrected chi connectivity index (χ1v) is 23.7. The number of carboxylic acids is 1. The van der Waals surface area contributed by atoms with Crippen LogP contribution < -0.4 is 10.6 Å². The number of nitrogens with one attached hydrogen (secondary N) is 2. The zero-order chi connectivity index (χ0) is 38.7. The number of carbonyl (C=O) groups is 3. The second kappa shape index (κ2) is 43.4. The lowest BCUT2D eigenvalue weighted by Crippen LogP contribution is -2.39. The topological polar surface area (TPSA) is 114 Å². The molecule has 1 unspecified atom stereocenters. The normalized spacial score (nSPS) is 11.9. The van der Waals surface area contributed by atoms with Crippen molar-refractivity contribution in [1.29, 1.82) is 0 Å². The van der Waals surface area contributed by atoms with Gasteiger partial charge in [-0.05, 0) is 25.0 Å². The van der Waals surface area contributed by atoms with Gasteiger partial charge in [0.25, 0.3) is 0 Å². The summed E-state index contributed by atoms with van der Waals surface area (Å²) < 4.78 is 11.4. The van der Waals surface area contributed by atoms with E-state index in [9.17, 15) is 19.5 Å². The van der Waals surface area contributed by atoms with Gasteiger partial charge in [0.2, 0.25) is 11.8 Å². The third-order valence-electron chi connectivity index (χ3n) is 9.96. The molecule has 3 N–H and O–H groups in total. The predicted molar refractivity (Wildman–Crippen MR) is 226 cm³/mol. The number of ether oxygens (including phenoxy) is 2. The maximum Gasteiger partial charge on any atom is 0.332 e. The lowest BCUT2D eigenvalue weighted by molar-refractivity contribution is -0.151. The maximum absolute atomic E-state index is 12.1. The van der Waals surface area contributed by atoms with E-state index in [1.165, 1.54) is 154 Å². The highest BCUT2D eigenvalue weighted by Gasteiger charge is 2.18. The molecule has 9 heteroatoms. The van der Waals surface area contributed by atoms with Gasteiger partial charge in [0.1, 0.15) is 0 Å². The number of carboxylic acid groups (broad SMARTS) is 1. The number of unbranched alkanes of at least 4 members (excludes halogenated alkanes) is 26. The fourth-order valence-corrected chi connectivity index (χ4v) is 7.36. The first-order valence-electron chi connectivity index (χ1n) is 22.5. The molecule has 0 heterocycles. The second-order valence-electron chi connectivity index (χ2n) is 15.1. The van der Waals surface area contributed by atoms with E-state index < -0.39 is 12.1 Å². The summed E-state index contributed by atoms with van der Waals surface area (Å²) in [4.78, 5) is 35.8. The molecule has 0 aromatic heterocycles. The summed E-state index contributed by atoms with van der Waals surface area (Å²) in [7, 11) is 0. The van der Waals surface area contributed by atoms with Crippen molar-refractivity contribution < 1.29 is 29.0 Å². The summed E-state index contributed by atoms with van der Waals surface area (Å²) in [6, 6.07) is 0. The van der Waals surface area contributed by atoms with Crippen LogP contribution in [0.4, 0.5) is 0 Å². The van der Waals surface area contributed by atoms with Gasteiger partial charge in [-0.3, -0.25) is 9.59 Å². The number of carbonyl (C=O) groups excluding carboxylic acids is 2.